The topological polar surface area (TPSA) is 55.1 Å². The molecule has 0 aliphatic heterocycles. The summed E-state index contributed by atoms with van der Waals surface area (Å²) < 4.78 is 14.0. The fourth-order valence-electron chi connectivity index (χ4n) is 1.69. The van der Waals surface area contributed by atoms with Crippen molar-refractivity contribution in [3.05, 3.63) is 40.5 Å². The molecule has 0 atom stereocenters. The Kier molecular flexibility index (Phi) is 3.85. The number of nitrogen functional groups attached to an aromatic ring is 1. The number of benzene rings is 1. The molecule has 19 heavy (non-hydrogen) atoms. The summed E-state index contributed by atoms with van der Waals surface area (Å²) >= 11 is 1.28. The molecule has 0 fully saturated rings. The predicted molar refractivity (Wildman–Crippen MR) is 78.0 cm³/mol. The number of amides is 1. The minimum absolute atomic E-state index is 0.225. The van der Waals surface area contributed by atoms with Crippen LogP contribution < -0.4 is 11.1 Å². The highest BCUT2D eigenvalue weighted by Crippen LogP contribution is 2.33. The van der Waals surface area contributed by atoms with Crippen molar-refractivity contribution in [2.24, 2.45) is 0 Å². The summed E-state index contributed by atoms with van der Waals surface area (Å²) in [5.74, 6) is -0.579. The van der Waals surface area contributed by atoms with Gasteiger partial charge in [0, 0.05) is 16.6 Å². The molecule has 1 aromatic heterocycles. The highest BCUT2D eigenvalue weighted by Gasteiger charge is 2.16. The number of anilines is 1. The molecular formula is C14H15FN2OS. The Morgan fingerprint density at radius 1 is 1.47 bits per heavy atom. The number of hydrogen-bond donors (Lipinski definition) is 2. The minimum atomic E-state index is -0.353. The van der Waals surface area contributed by atoms with Gasteiger partial charge in [0.05, 0.1) is 5.69 Å². The Hall–Kier alpha value is -1.88. The first-order valence-electron chi connectivity index (χ1n) is 5.88. The number of fused-ring (bicyclic) bond motifs is 1. The van der Waals surface area contributed by atoms with Crippen LogP contribution in [-0.4, -0.2) is 12.5 Å². The second-order valence-electron chi connectivity index (χ2n) is 4.48. The molecule has 0 unspecified atom stereocenters. The number of rotatable bonds is 3. The van der Waals surface area contributed by atoms with E-state index in [1.165, 1.54) is 23.5 Å². The molecule has 0 aliphatic carbocycles. The molecule has 5 heteroatoms. The summed E-state index contributed by atoms with van der Waals surface area (Å²) in [5, 5.41) is 3.36. The number of carbonyl (C=O) groups excluding carboxylic acids is 1. The Labute approximate surface area is 114 Å². The van der Waals surface area contributed by atoms with Crippen molar-refractivity contribution in [3.63, 3.8) is 0 Å². The van der Waals surface area contributed by atoms with Gasteiger partial charge >= 0.3 is 0 Å². The van der Waals surface area contributed by atoms with Crippen molar-refractivity contribution in [2.45, 2.75) is 13.8 Å². The van der Waals surface area contributed by atoms with Crippen molar-refractivity contribution in [1.29, 1.82) is 0 Å². The molecule has 0 spiro atoms. The van der Waals surface area contributed by atoms with Crippen LogP contribution in [-0.2, 0) is 0 Å². The maximum absolute atomic E-state index is 13.2. The number of nitrogens with two attached hydrogens (primary N) is 1. The molecule has 2 aromatic rings. The van der Waals surface area contributed by atoms with E-state index in [1.54, 1.807) is 6.07 Å². The van der Waals surface area contributed by atoms with E-state index in [0.717, 1.165) is 10.3 Å². The van der Waals surface area contributed by atoms with Crippen molar-refractivity contribution in [2.75, 3.05) is 12.3 Å². The van der Waals surface area contributed by atoms with E-state index < -0.39 is 0 Å². The lowest BCUT2D eigenvalue weighted by Crippen LogP contribution is -2.23. The third kappa shape index (κ3) is 2.93. The fraction of sp³-hybridized carbons (Fsp3) is 0.214. The first kappa shape index (κ1) is 13.5. The molecule has 0 saturated heterocycles. The smallest absolute Gasteiger partial charge is 0.263 e. The van der Waals surface area contributed by atoms with Crippen molar-refractivity contribution < 1.29 is 9.18 Å². The van der Waals surface area contributed by atoms with E-state index in [9.17, 15) is 9.18 Å². The van der Waals surface area contributed by atoms with Gasteiger partial charge in [-0.2, -0.15) is 0 Å². The van der Waals surface area contributed by atoms with Crippen LogP contribution in [0.4, 0.5) is 10.1 Å². The molecule has 1 aromatic carbocycles. The number of allylic oxidation sites excluding steroid dienone is 1. The standard InChI is InChI=1S/C14H15FN2OS/c1-8(2)5-6-17-14(18)13-12(16)10-7-9(15)3-4-11(10)19-13/h3-5,7H,6,16H2,1-2H3,(H,17,18). The van der Waals surface area contributed by atoms with E-state index >= 15 is 0 Å². The molecule has 0 bridgehead atoms. The minimum Gasteiger partial charge on any atom is -0.397 e. The van der Waals surface area contributed by atoms with Gasteiger partial charge in [0.15, 0.2) is 0 Å². The van der Waals surface area contributed by atoms with Crippen LogP contribution in [0.2, 0.25) is 0 Å². The number of carbonyl (C=O) groups is 1. The largest absolute Gasteiger partial charge is 0.397 e. The molecule has 1 heterocycles. The van der Waals surface area contributed by atoms with Gasteiger partial charge in [-0.1, -0.05) is 11.6 Å². The van der Waals surface area contributed by atoms with E-state index in [0.29, 0.717) is 22.5 Å². The average molecular weight is 278 g/mol. The molecule has 1 amide bonds. The zero-order chi connectivity index (χ0) is 14.0. The van der Waals surface area contributed by atoms with E-state index in [4.69, 9.17) is 5.73 Å². The molecule has 3 nitrogen and oxygen atoms in total. The van der Waals surface area contributed by atoms with Gasteiger partial charge < -0.3 is 11.1 Å². The van der Waals surface area contributed by atoms with Gasteiger partial charge in [0.25, 0.3) is 5.91 Å². The first-order chi connectivity index (χ1) is 8.99. The molecule has 100 valence electrons. The van der Waals surface area contributed by atoms with Gasteiger partial charge in [-0.15, -0.1) is 11.3 Å². The van der Waals surface area contributed by atoms with Crippen LogP contribution in [0.5, 0.6) is 0 Å². The Balaban J connectivity index is 2.27. The van der Waals surface area contributed by atoms with Gasteiger partial charge in [0.2, 0.25) is 0 Å². The third-order valence-electron chi connectivity index (χ3n) is 2.67. The molecule has 3 N–H and O–H groups in total. The molecule has 0 saturated carbocycles. The van der Waals surface area contributed by atoms with Crippen LogP contribution in [0.25, 0.3) is 10.1 Å². The van der Waals surface area contributed by atoms with E-state index in [1.807, 2.05) is 19.9 Å². The summed E-state index contributed by atoms with van der Waals surface area (Å²) in [4.78, 5) is 12.4. The van der Waals surface area contributed by atoms with Gasteiger partial charge in [-0.25, -0.2) is 4.39 Å². The number of halogens is 1. The molecule has 2 rings (SSSR count). The lowest BCUT2D eigenvalue weighted by Gasteiger charge is -2.01. The first-order valence-corrected chi connectivity index (χ1v) is 6.70. The normalized spacial score (nSPS) is 10.5. The second-order valence-corrected chi connectivity index (χ2v) is 5.53. The summed E-state index contributed by atoms with van der Waals surface area (Å²) in [6.45, 7) is 4.38. The van der Waals surface area contributed by atoms with Crippen LogP contribution in [0.1, 0.15) is 23.5 Å². The maximum Gasteiger partial charge on any atom is 0.263 e. The molecule has 0 radical (unpaired) electrons. The highest BCUT2D eigenvalue weighted by atomic mass is 32.1. The van der Waals surface area contributed by atoms with Crippen LogP contribution in [0.3, 0.4) is 0 Å². The number of hydrogen-bond acceptors (Lipinski definition) is 3. The van der Waals surface area contributed by atoms with Crippen LogP contribution in [0, 0.1) is 5.82 Å². The Morgan fingerprint density at radius 3 is 2.89 bits per heavy atom. The Morgan fingerprint density at radius 2 is 2.21 bits per heavy atom. The summed E-state index contributed by atoms with van der Waals surface area (Å²) in [6.07, 6.45) is 1.92. The third-order valence-corrected chi connectivity index (χ3v) is 3.85. The van der Waals surface area contributed by atoms with Gasteiger partial charge in [0.1, 0.15) is 10.7 Å². The number of thiophene rings is 1. The predicted octanol–water partition coefficient (Wildman–Crippen LogP) is 3.32. The van der Waals surface area contributed by atoms with E-state index in [-0.39, 0.29) is 11.7 Å². The highest BCUT2D eigenvalue weighted by molar-refractivity contribution is 7.21. The van der Waals surface area contributed by atoms with Crippen molar-refractivity contribution in [1.82, 2.24) is 5.32 Å². The zero-order valence-corrected chi connectivity index (χ0v) is 11.6. The van der Waals surface area contributed by atoms with Gasteiger partial charge in [-0.3, -0.25) is 4.79 Å². The molecular weight excluding hydrogens is 263 g/mol. The Bertz CT molecular complexity index is 657. The lowest BCUT2D eigenvalue weighted by atomic mass is 10.2. The maximum atomic E-state index is 13.2. The SMILES string of the molecule is CC(C)=CCNC(=O)c1sc2ccc(F)cc2c1N. The summed E-state index contributed by atoms with van der Waals surface area (Å²) in [6, 6.07) is 4.36. The average Bonchev–Trinajstić information content (AvgIpc) is 2.66. The fourth-order valence-corrected chi connectivity index (χ4v) is 2.71. The quantitative estimate of drug-likeness (QED) is 0.846. The van der Waals surface area contributed by atoms with Crippen LogP contribution in [0.15, 0.2) is 29.8 Å². The second kappa shape index (κ2) is 5.40. The van der Waals surface area contributed by atoms with Gasteiger partial charge in [-0.05, 0) is 32.0 Å². The van der Waals surface area contributed by atoms with E-state index in [2.05, 4.69) is 5.32 Å². The van der Waals surface area contributed by atoms with Crippen molar-refractivity contribution in [3.8, 4) is 0 Å². The number of nitrogens with one attached hydrogen (secondary N) is 1. The zero-order valence-electron chi connectivity index (χ0n) is 10.8. The molecule has 0 aliphatic rings. The van der Waals surface area contributed by atoms with Crippen LogP contribution >= 0.6 is 11.3 Å². The lowest BCUT2D eigenvalue weighted by molar-refractivity contribution is 0.0963. The van der Waals surface area contributed by atoms with Crippen molar-refractivity contribution >= 4 is 33.0 Å². The monoisotopic (exact) mass is 278 g/mol. The summed E-state index contributed by atoms with van der Waals surface area (Å²) in [5.41, 5.74) is 7.38. The summed E-state index contributed by atoms with van der Waals surface area (Å²) in [7, 11) is 0.